The second-order valence-corrected chi connectivity index (χ2v) is 5.77. The fourth-order valence-electron chi connectivity index (χ4n) is 2.76. The Kier molecular flexibility index (Phi) is 4.83. The van der Waals surface area contributed by atoms with E-state index in [1.165, 1.54) is 6.42 Å². The van der Waals surface area contributed by atoms with Crippen LogP contribution in [0.3, 0.4) is 0 Å². The van der Waals surface area contributed by atoms with E-state index in [-0.39, 0.29) is 16.5 Å². The molecule has 0 amide bonds. The largest absolute Gasteiger partial charge is 0.374 e. The summed E-state index contributed by atoms with van der Waals surface area (Å²) in [7, 11) is 4.16. The van der Waals surface area contributed by atoms with Gasteiger partial charge in [-0.05, 0) is 38.1 Å². The van der Waals surface area contributed by atoms with E-state index >= 15 is 0 Å². The Morgan fingerprint density at radius 1 is 1.55 bits per heavy atom. The Bertz CT molecular complexity index is 495. The van der Waals surface area contributed by atoms with Crippen LogP contribution in [0, 0.1) is 16.0 Å². The van der Waals surface area contributed by atoms with Crippen molar-refractivity contribution in [3.8, 4) is 0 Å². The molecule has 110 valence electrons. The van der Waals surface area contributed by atoms with Crippen LogP contribution >= 0.6 is 11.6 Å². The van der Waals surface area contributed by atoms with Crippen LogP contribution in [-0.2, 0) is 5.88 Å². The van der Waals surface area contributed by atoms with Gasteiger partial charge >= 0.3 is 0 Å². The van der Waals surface area contributed by atoms with Gasteiger partial charge in [0, 0.05) is 37.5 Å². The van der Waals surface area contributed by atoms with E-state index in [1.54, 1.807) is 12.1 Å². The van der Waals surface area contributed by atoms with Crippen molar-refractivity contribution >= 4 is 23.0 Å². The van der Waals surface area contributed by atoms with Crippen LogP contribution in [0.2, 0.25) is 0 Å². The van der Waals surface area contributed by atoms with Gasteiger partial charge in [-0.3, -0.25) is 10.1 Å². The van der Waals surface area contributed by atoms with E-state index in [0.717, 1.165) is 25.3 Å². The maximum Gasteiger partial charge on any atom is 0.273 e. The molecule has 0 N–H and O–H groups in total. The standard InChI is InChI=1S/C14H20ClN3O2/c1-16-6-5-11(9-16)10-17(2)13-3-4-14(18(19)20)12(7-13)8-15/h3-4,7,11H,5-6,8-10H2,1-2H3. The summed E-state index contributed by atoms with van der Waals surface area (Å²) in [5.41, 5.74) is 1.66. The molecule has 1 aromatic carbocycles. The Morgan fingerprint density at radius 3 is 2.85 bits per heavy atom. The predicted octanol–water partition coefficient (Wildman–Crippen LogP) is 2.72. The van der Waals surface area contributed by atoms with Crippen LogP contribution in [0.4, 0.5) is 11.4 Å². The van der Waals surface area contributed by atoms with E-state index in [9.17, 15) is 10.1 Å². The number of likely N-dealkylation sites (tertiary alicyclic amines) is 1. The fourth-order valence-corrected chi connectivity index (χ4v) is 2.98. The zero-order valence-corrected chi connectivity index (χ0v) is 12.6. The van der Waals surface area contributed by atoms with E-state index in [1.807, 2.05) is 13.1 Å². The molecule has 1 aromatic rings. The number of benzene rings is 1. The summed E-state index contributed by atoms with van der Waals surface area (Å²) in [4.78, 5) is 15.0. The quantitative estimate of drug-likeness (QED) is 0.476. The molecule has 0 radical (unpaired) electrons. The molecule has 1 saturated heterocycles. The van der Waals surface area contributed by atoms with E-state index < -0.39 is 0 Å². The van der Waals surface area contributed by atoms with E-state index in [4.69, 9.17) is 11.6 Å². The highest BCUT2D eigenvalue weighted by molar-refractivity contribution is 6.17. The molecule has 1 aliphatic rings. The highest BCUT2D eigenvalue weighted by Gasteiger charge is 2.21. The molecular formula is C14H20ClN3O2. The smallest absolute Gasteiger partial charge is 0.273 e. The average molecular weight is 298 g/mol. The third kappa shape index (κ3) is 3.41. The number of nitro groups is 1. The average Bonchev–Trinajstić information content (AvgIpc) is 2.83. The van der Waals surface area contributed by atoms with Crippen molar-refractivity contribution in [2.24, 2.45) is 5.92 Å². The SMILES string of the molecule is CN1CCC(CN(C)c2ccc([N+](=O)[O-])c(CCl)c2)C1. The summed E-state index contributed by atoms with van der Waals surface area (Å²) in [6.07, 6.45) is 1.20. The van der Waals surface area contributed by atoms with Crippen molar-refractivity contribution in [2.75, 3.05) is 38.6 Å². The third-order valence-electron chi connectivity index (χ3n) is 3.87. The normalized spacial score (nSPS) is 19.2. The minimum atomic E-state index is -0.382. The second kappa shape index (κ2) is 6.41. The molecule has 0 aliphatic carbocycles. The van der Waals surface area contributed by atoms with Crippen LogP contribution < -0.4 is 4.90 Å². The summed E-state index contributed by atoms with van der Waals surface area (Å²) >= 11 is 5.81. The van der Waals surface area contributed by atoms with Crippen molar-refractivity contribution in [2.45, 2.75) is 12.3 Å². The number of nitrogens with zero attached hydrogens (tertiary/aromatic N) is 3. The maximum absolute atomic E-state index is 10.9. The Morgan fingerprint density at radius 2 is 2.30 bits per heavy atom. The van der Waals surface area contributed by atoms with E-state index in [2.05, 4.69) is 16.8 Å². The van der Waals surface area contributed by atoms with Gasteiger partial charge < -0.3 is 9.80 Å². The van der Waals surface area contributed by atoms with Crippen LogP contribution in [0.5, 0.6) is 0 Å². The van der Waals surface area contributed by atoms with Crippen LogP contribution in [0.15, 0.2) is 18.2 Å². The number of rotatable bonds is 5. The third-order valence-corrected chi connectivity index (χ3v) is 4.15. The lowest BCUT2D eigenvalue weighted by molar-refractivity contribution is -0.385. The number of nitro benzene ring substituents is 1. The molecule has 20 heavy (non-hydrogen) atoms. The topological polar surface area (TPSA) is 49.6 Å². The molecular weight excluding hydrogens is 278 g/mol. The van der Waals surface area contributed by atoms with Crippen molar-refractivity contribution in [1.29, 1.82) is 0 Å². The first-order valence-electron chi connectivity index (χ1n) is 6.74. The lowest BCUT2D eigenvalue weighted by Gasteiger charge is -2.23. The van der Waals surface area contributed by atoms with Gasteiger partial charge in [-0.1, -0.05) is 0 Å². The summed E-state index contributed by atoms with van der Waals surface area (Å²) in [5, 5.41) is 10.9. The molecule has 1 heterocycles. The highest BCUT2D eigenvalue weighted by atomic mass is 35.5. The Balaban J connectivity index is 2.10. The van der Waals surface area contributed by atoms with Gasteiger partial charge in [0.15, 0.2) is 0 Å². The molecule has 0 spiro atoms. The van der Waals surface area contributed by atoms with Crippen molar-refractivity contribution in [1.82, 2.24) is 4.90 Å². The maximum atomic E-state index is 10.9. The van der Waals surface area contributed by atoms with Gasteiger partial charge in [-0.2, -0.15) is 0 Å². The van der Waals surface area contributed by atoms with Crippen molar-refractivity contribution in [3.05, 3.63) is 33.9 Å². The number of anilines is 1. The number of hydrogen-bond acceptors (Lipinski definition) is 4. The summed E-state index contributed by atoms with van der Waals surface area (Å²) < 4.78 is 0. The molecule has 1 fully saturated rings. The minimum absolute atomic E-state index is 0.0951. The summed E-state index contributed by atoms with van der Waals surface area (Å²) in [6.45, 7) is 3.22. The second-order valence-electron chi connectivity index (χ2n) is 5.50. The minimum Gasteiger partial charge on any atom is -0.374 e. The van der Waals surface area contributed by atoms with Crippen LogP contribution in [0.25, 0.3) is 0 Å². The Labute approximate surface area is 124 Å². The molecule has 1 atom stereocenters. The molecule has 1 unspecified atom stereocenters. The first-order chi connectivity index (χ1) is 9.51. The van der Waals surface area contributed by atoms with Crippen LogP contribution in [-0.4, -0.2) is 43.6 Å². The number of halogens is 1. The number of hydrogen-bond donors (Lipinski definition) is 0. The van der Waals surface area contributed by atoms with Gasteiger partial charge in [-0.25, -0.2) is 0 Å². The van der Waals surface area contributed by atoms with Gasteiger partial charge in [0.2, 0.25) is 0 Å². The van der Waals surface area contributed by atoms with Crippen molar-refractivity contribution in [3.63, 3.8) is 0 Å². The lowest BCUT2D eigenvalue weighted by atomic mass is 10.1. The van der Waals surface area contributed by atoms with Gasteiger partial charge in [-0.15, -0.1) is 11.6 Å². The van der Waals surface area contributed by atoms with Gasteiger partial charge in [0.25, 0.3) is 5.69 Å². The lowest BCUT2D eigenvalue weighted by Crippen LogP contribution is -2.27. The first-order valence-corrected chi connectivity index (χ1v) is 7.27. The molecule has 0 aromatic heterocycles. The van der Waals surface area contributed by atoms with Gasteiger partial charge in [0.1, 0.15) is 0 Å². The molecule has 6 heteroatoms. The van der Waals surface area contributed by atoms with Crippen molar-refractivity contribution < 1.29 is 4.92 Å². The number of alkyl halides is 1. The van der Waals surface area contributed by atoms with Crippen LogP contribution in [0.1, 0.15) is 12.0 Å². The monoisotopic (exact) mass is 297 g/mol. The summed E-state index contributed by atoms with van der Waals surface area (Å²) in [6, 6.07) is 5.17. The molecule has 0 saturated carbocycles. The Hall–Kier alpha value is -1.33. The summed E-state index contributed by atoms with van der Waals surface area (Å²) in [5.74, 6) is 0.809. The molecule has 2 rings (SSSR count). The predicted molar refractivity (Wildman–Crippen MR) is 81.5 cm³/mol. The highest BCUT2D eigenvalue weighted by Crippen LogP contribution is 2.27. The molecule has 5 nitrogen and oxygen atoms in total. The zero-order valence-electron chi connectivity index (χ0n) is 11.9. The molecule has 1 aliphatic heterocycles. The zero-order chi connectivity index (χ0) is 14.7. The van der Waals surface area contributed by atoms with E-state index in [0.29, 0.717) is 11.5 Å². The van der Waals surface area contributed by atoms with Gasteiger partial charge in [0.05, 0.1) is 10.8 Å². The fraction of sp³-hybridized carbons (Fsp3) is 0.571. The molecule has 0 bridgehead atoms. The first kappa shape index (κ1) is 15.1.